The number of furan rings is 1. The van der Waals surface area contributed by atoms with Crippen molar-refractivity contribution in [2.45, 2.75) is 20.8 Å². The van der Waals surface area contributed by atoms with Crippen molar-refractivity contribution in [3.05, 3.63) is 77.0 Å². The first-order chi connectivity index (χ1) is 12.0. The molecule has 0 spiro atoms. The molecule has 3 heteroatoms. The second kappa shape index (κ2) is 5.78. The fourth-order valence-electron chi connectivity index (χ4n) is 3.30. The highest BCUT2D eigenvalue weighted by Gasteiger charge is 2.19. The minimum absolute atomic E-state index is 0.218. The standard InChI is InChI=1S/C22H19NO2/c1-13-8-11-19(14(2)12-13)23-22(24)20-15(3)17-10-9-16-6-4-5-7-18(16)21(17)25-20/h4-12H,1-3H3,(H,23,24). The van der Waals surface area contributed by atoms with E-state index in [0.717, 1.165) is 38.6 Å². The van der Waals surface area contributed by atoms with Gasteiger partial charge in [0.1, 0.15) is 5.58 Å². The van der Waals surface area contributed by atoms with Crippen molar-refractivity contribution in [3.8, 4) is 0 Å². The lowest BCUT2D eigenvalue weighted by Gasteiger charge is -2.08. The van der Waals surface area contributed by atoms with Gasteiger partial charge in [0.25, 0.3) is 5.91 Å². The number of amides is 1. The third-order valence-corrected chi connectivity index (χ3v) is 4.66. The average molecular weight is 329 g/mol. The number of nitrogens with one attached hydrogen (secondary N) is 1. The van der Waals surface area contributed by atoms with Crippen molar-refractivity contribution in [2.75, 3.05) is 5.32 Å². The number of hydrogen-bond acceptors (Lipinski definition) is 2. The van der Waals surface area contributed by atoms with Crippen molar-refractivity contribution < 1.29 is 9.21 Å². The molecule has 1 N–H and O–H groups in total. The monoisotopic (exact) mass is 329 g/mol. The molecule has 0 saturated carbocycles. The van der Waals surface area contributed by atoms with Gasteiger partial charge in [-0.1, -0.05) is 54.1 Å². The lowest BCUT2D eigenvalue weighted by atomic mass is 10.1. The molecule has 0 saturated heterocycles. The first-order valence-electron chi connectivity index (χ1n) is 8.34. The highest BCUT2D eigenvalue weighted by molar-refractivity contribution is 6.11. The topological polar surface area (TPSA) is 42.2 Å². The quantitative estimate of drug-likeness (QED) is 0.508. The Morgan fingerprint density at radius 3 is 2.52 bits per heavy atom. The largest absolute Gasteiger partial charge is 0.450 e. The van der Waals surface area contributed by atoms with E-state index in [1.54, 1.807) is 0 Å². The molecule has 0 atom stereocenters. The summed E-state index contributed by atoms with van der Waals surface area (Å²) in [5, 5.41) is 6.07. The summed E-state index contributed by atoms with van der Waals surface area (Å²) >= 11 is 0. The Kier molecular flexibility index (Phi) is 3.57. The SMILES string of the molecule is Cc1ccc(NC(=O)c2oc3c(ccc4ccccc43)c2C)c(C)c1. The third-order valence-electron chi connectivity index (χ3n) is 4.66. The highest BCUT2D eigenvalue weighted by Crippen LogP contribution is 2.32. The summed E-state index contributed by atoms with van der Waals surface area (Å²) in [5.74, 6) is 0.149. The normalized spacial score (nSPS) is 11.2. The maximum atomic E-state index is 12.8. The molecule has 0 aliphatic heterocycles. The van der Waals surface area contributed by atoms with Gasteiger partial charge >= 0.3 is 0 Å². The van der Waals surface area contributed by atoms with Crippen molar-refractivity contribution in [1.29, 1.82) is 0 Å². The number of carbonyl (C=O) groups excluding carboxylic acids is 1. The first kappa shape index (κ1) is 15.5. The second-order valence-electron chi connectivity index (χ2n) is 6.49. The number of benzene rings is 3. The first-order valence-corrected chi connectivity index (χ1v) is 8.34. The number of aryl methyl sites for hydroxylation is 3. The van der Waals surface area contributed by atoms with Crippen LogP contribution in [-0.4, -0.2) is 5.91 Å². The lowest BCUT2D eigenvalue weighted by Crippen LogP contribution is -2.13. The van der Waals surface area contributed by atoms with Crippen LogP contribution in [0.1, 0.15) is 27.2 Å². The summed E-state index contributed by atoms with van der Waals surface area (Å²) in [6.07, 6.45) is 0. The predicted molar refractivity (Wildman–Crippen MR) is 102 cm³/mol. The molecular weight excluding hydrogens is 310 g/mol. The number of fused-ring (bicyclic) bond motifs is 3. The molecule has 0 bridgehead atoms. The molecule has 0 aliphatic rings. The Bertz CT molecular complexity index is 1120. The van der Waals surface area contributed by atoms with Gasteiger partial charge in [0, 0.05) is 22.0 Å². The molecule has 1 heterocycles. The second-order valence-corrected chi connectivity index (χ2v) is 6.49. The molecule has 3 aromatic carbocycles. The van der Waals surface area contributed by atoms with E-state index in [0.29, 0.717) is 5.76 Å². The van der Waals surface area contributed by atoms with Crippen LogP contribution in [0.3, 0.4) is 0 Å². The fourth-order valence-corrected chi connectivity index (χ4v) is 3.30. The van der Waals surface area contributed by atoms with Gasteiger partial charge in [0.15, 0.2) is 5.76 Å². The molecule has 4 aromatic rings. The summed E-state index contributed by atoms with van der Waals surface area (Å²) in [6.45, 7) is 5.95. The summed E-state index contributed by atoms with van der Waals surface area (Å²) in [7, 11) is 0. The Balaban J connectivity index is 1.79. The van der Waals surface area contributed by atoms with Crippen molar-refractivity contribution in [3.63, 3.8) is 0 Å². The van der Waals surface area contributed by atoms with Crippen LogP contribution in [0.5, 0.6) is 0 Å². The van der Waals surface area contributed by atoms with E-state index in [1.807, 2.05) is 63.2 Å². The number of rotatable bonds is 2. The summed E-state index contributed by atoms with van der Waals surface area (Å²) < 4.78 is 6.00. The van der Waals surface area contributed by atoms with Gasteiger partial charge in [0.2, 0.25) is 0 Å². The van der Waals surface area contributed by atoms with Gasteiger partial charge in [-0.3, -0.25) is 4.79 Å². The van der Waals surface area contributed by atoms with Crippen LogP contribution in [0, 0.1) is 20.8 Å². The van der Waals surface area contributed by atoms with Crippen LogP contribution in [0.25, 0.3) is 21.7 Å². The van der Waals surface area contributed by atoms with E-state index in [2.05, 4.69) is 17.4 Å². The molecule has 0 fully saturated rings. The highest BCUT2D eigenvalue weighted by atomic mass is 16.3. The zero-order valence-corrected chi connectivity index (χ0v) is 14.5. The van der Waals surface area contributed by atoms with Gasteiger partial charge < -0.3 is 9.73 Å². The molecule has 3 nitrogen and oxygen atoms in total. The molecule has 0 unspecified atom stereocenters. The van der Waals surface area contributed by atoms with Crippen LogP contribution < -0.4 is 5.32 Å². The molecule has 25 heavy (non-hydrogen) atoms. The minimum atomic E-state index is -0.218. The van der Waals surface area contributed by atoms with E-state index in [1.165, 1.54) is 5.56 Å². The summed E-state index contributed by atoms with van der Waals surface area (Å²) in [6, 6.07) is 18.1. The molecular formula is C22H19NO2. The van der Waals surface area contributed by atoms with Crippen molar-refractivity contribution >= 4 is 33.3 Å². The zero-order valence-electron chi connectivity index (χ0n) is 14.5. The van der Waals surface area contributed by atoms with Crippen LogP contribution >= 0.6 is 0 Å². The van der Waals surface area contributed by atoms with Gasteiger partial charge in [-0.05, 0) is 37.8 Å². The Labute approximate surface area is 146 Å². The minimum Gasteiger partial charge on any atom is -0.450 e. The van der Waals surface area contributed by atoms with Gasteiger partial charge in [-0.15, -0.1) is 0 Å². The number of anilines is 1. The van der Waals surface area contributed by atoms with Crippen LogP contribution in [0.2, 0.25) is 0 Å². The maximum absolute atomic E-state index is 12.8. The molecule has 1 amide bonds. The van der Waals surface area contributed by atoms with E-state index in [-0.39, 0.29) is 5.91 Å². The maximum Gasteiger partial charge on any atom is 0.291 e. The zero-order chi connectivity index (χ0) is 17.6. The van der Waals surface area contributed by atoms with E-state index >= 15 is 0 Å². The van der Waals surface area contributed by atoms with Gasteiger partial charge in [0.05, 0.1) is 0 Å². The number of hydrogen-bond donors (Lipinski definition) is 1. The molecule has 124 valence electrons. The predicted octanol–water partition coefficient (Wildman–Crippen LogP) is 5.76. The number of carbonyl (C=O) groups is 1. The van der Waals surface area contributed by atoms with Crippen LogP contribution in [0.4, 0.5) is 5.69 Å². The van der Waals surface area contributed by atoms with E-state index in [4.69, 9.17) is 4.42 Å². The molecule has 1 aromatic heterocycles. The van der Waals surface area contributed by atoms with Gasteiger partial charge in [-0.2, -0.15) is 0 Å². The molecule has 0 aliphatic carbocycles. The smallest absolute Gasteiger partial charge is 0.291 e. The van der Waals surface area contributed by atoms with Crippen LogP contribution in [-0.2, 0) is 0 Å². The van der Waals surface area contributed by atoms with Crippen molar-refractivity contribution in [2.24, 2.45) is 0 Å². The summed E-state index contributed by atoms with van der Waals surface area (Å²) in [5.41, 5.74) is 4.64. The van der Waals surface area contributed by atoms with Crippen LogP contribution in [0.15, 0.2) is 59.0 Å². The Morgan fingerprint density at radius 2 is 1.72 bits per heavy atom. The Morgan fingerprint density at radius 1 is 0.920 bits per heavy atom. The average Bonchev–Trinajstić information content (AvgIpc) is 2.95. The lowest BCUT2D eigenvalue weighted by molar-refractivity contribution is 0.0998. The van der Waals surface area contributed by atoms with Gasteiger partial charge in [-0.25, -0.2) is 0 Å². The Hall–Kier alpha value is -3.07. The summed E-state index contributed by atoms with van der Waals surface area (Å²) in [4.78, 5) is 12.8. The van der Waals surface area contributed by atoms with E-state index in [9.17, 15) is 4.79 Å². The molecule has 0 radical (unpaired) electrons. The van der Waals surface area contributed by atoms with Crippen molar-refractivity contribution in [1.82, 2.24) is 0 Å². The van der Waals surface area contributed by atoms with E-state index < -0.39 is 0 Å². The molecule has 4 rings (SSSR count). The third kappa shape index (κ3) is 2.58. The fraction of sp³-hybridized carbons (Fsp3) is 0.136.